The zero-order valence-corrected chi connectivity index (χ0v) is 17.9. The molecule has 1 unspecified atom stereocenters. The zero-order chi connectivity index (χ0) is 17.9. The minimum Gasteiger partial charge on any atom is -0.396 e. The van der Waals surface area contributed by atoms with Gasteiger partial charge in [-0.3, -0.25) is 0 Å². The molecule has 0 heterocycles. The summed E-state index contributed by atoms with van der Waals surface area (Å²) in [5, 5.41) is 11.1. The highest BCUT2D eigenvalue weighted by Gasteiger charge is 2.42. The topological polar surface area (TPSA) is 33.0 Å². The Bertz CT molecular complexity index is 594. The van der Waals surface area contributed by atoms with Crippen LogP contribution in [-0.2, 0) is 4.43 Å². The Morgan fingerprint density at radius 1 is 1.00 bits per heavy atom. The Labute approximate surface area is 144 Å². The van der Waals surface area contributed by atoms with E-state index in [1.165, 1.54) is 5.19 Å². The first-order valence-corrected chi connectivity index (χ1v) is 14.2. The number of benzene rings is 1. The van der Waals surface area contributed by atoms with Crippen LogP contribution in [0, 0.1) is 11.3 Å². The Hall–Kier alpha value is -1.16. The fourth-order valence-corrected chi connectivity index (χ4v) is 5.57. The van der Waals surface area contributed by atoms with E-state index in [0.717, 1.165) is 0 Å². The third-order valence-corrected chi connectivity index (χ3v) is 12.2. The molecule has 0 fully saturated rings. The van der Waals surface area contributed by atoms with Crippen LogP contribution in [0.1, 0.15) is 27.7 Å². The molecule has 1 aromatic rings. The van der Waals surface area contributed by atoms with Gasteiger partial charge in [0, 0.05) is 0 Å². The molecule has 1 atom stereocenters. The standard InChI is InChI=1S/C19H31NOSi2/c1-18(2,3)23(7,8)21-19(4,16-20)14-15-22(5,6)17-12-10-9-11-13-17/h9-15H,1-8H3/b15-14+. The molecule has 0 saturated heterocycles. The molecule has 23 heavy (non-hydrogen) atoms. The molecule has 0 aliphatic heterocycles. The lowest BCUT2D eigenvalue weighted by Gasteiger charge is -2.40. The summed E-state index contributed by atoms with van der Waals surface area (Å²) >= 11 is 0. The summed E-state index contributed by atoms with van der Waals surface area (Å²) in [4.78, 5) is 0. The molecule has 0 aliphatic rings. The van der Waals surface area contributed by atoms with Crippen molar-refractivity contribution in [3.8, 4) is 6.07 Å². The molecule has 1 aromatic carbocycles. The minimum atomic E-state index is -2.00. The first kappa shape index (κ1) is 19.9. The smallest absolute Gasteiger partial charge is 0.194 e. The van der Waals surface area contributed by atoms with Crippen molar-refractivity contribution in [2.45, 2.75) is 64.5 Å². The molecule has 0 radical (unpaired) electrons. The summed E-state index contributed by atoms with van der Waals surface area (Å²) in [7, 11) is -3.72. The summed E-state index contributed by atoms with van der Waals surface area (Å²) < 4.78 is 6.38. The Kier molecular flexibility index (Phi) is 5.85. The lowest BCUT2D eigenvalue weighted by Crippen LogP contribution is -2.48. The van der Waals surface area contributed by atoms with Crippen LogP contribution in [0.3, 0.4) is 0 Å². The zero-order valence-electron chi connectivity index (χ0n) is 15.9. The number of nitrogens with zero attached hydrogens (tertiary/aromatic N) is 1. The van der Waals surface area contributed by atoms with Crippen molar-refractivity contribution in [1.82, 2.24) is 0 Å². The van der Waals surface area contributed by atoms with Gasteiger partial charge in [0.1, 0.15) is 14.1 Å². The molecular weight excluding hydrogens is 314 g/mol. The van der Waals surface area contributed by atoms with Gasteiger partial charge >= 0.3 is 0 Å². The first-order chi connectivity index (χ1) is 10.3. The van der Waals surface area contributed by atoms with Crippen molar-refractivity contribution in [2.75, 3.05) is 0 Å². The monoisotopic (exact) mass is 345 g/mol. The second-order valence-electron chi connectivity index (χ2n) is 8.50. The van der Waals surface area contributed by atoms with Crippen LogP contribution in [0.4, 0.5) is 0 Å². The highest BCUT2D eigenvalue weighted by molar-refractivity contribution is 6.93. The maximum absolute atomic E-state index is 9.69. The number of hydrogen-bond acceptors (Lipinski definition) is 2. The largest absolute Gasteiger partial charge is 0.396 e. The first-order valence-electron chi connectivity index (χ1n) is 8.20. The second kappa shape index (κ2) is 6.76. The molecule has 2 nitrogen and oxygen atoms in total. The molecule has 0 bridgehead atoms. The van der Waals surface area contributed by atoms with Crippen molar-refractivity contribution in [2.24, 2.45) is 0 Å². The average Bonchev–Trinajstić information content (AvgIpc) is 2.45. The van der Waals surface area contributed by atoms with Gasteiger partial charge in [0.05, 0.1) is 0 Å². The Morgan fingerprint density at radius 2 is 1.52 bits per heavy atom. The van der Waals surface area contributed by atoms with Gasteiger partial charge in [0.15, 0.2) is 13.9 Å². The lowest BCUT2D eigenvalue weighted by molar-refractivity contribution is 0.178. The summed E-state index contributed by atoms with van der Waals surface area (Å²) in [5.74, 6) is 0. The van der Waals surface area contributed by atoms with Gasteiger partial charge in [-0.2, -0.15) is 5.26 Å². The maximum atomic E-state index is 9.69. The van der Waals surface area contributed by atoms with Crippen LogP contribution in [-0.4, -0.2) is 22.0 Å². The third-order valence-electron chi connectivity index (χ3n) is 4.83. The van der Waals surface area contributed by atoms with Crippen LogP contribution in [0.5, 0.6) is 0 Å². The van der Waals surface area contributed by atoms with E-state index in [0.29, 0.717) is 0 Å². The number of nitriles is 1. The van der Waals surface area contributed by atoms with Crippen molar-refractivity contribution < 1.29 is 4.43 Å². The molecule has 0 aromatic heterocycles. The SMILES string of the molecule is CC(C#N)(/C=C/[Si](C)(C)c1ccccc1)O[Si](C)(C)C(C)(C)C. The Morgan fingerprint density at radius 3 is 1.96 bits per heavy atom. The van der Waals surface area contributed by atoms with E-state index in [2.05, 4.69) is 83.0 Å². The molecule has 0 amide bonds. The summed E-state index contributed by atoms with van der Waals surface area (Å²) in [6, 6.07) is 12.9. The fourth-order valence-electron chi connectivity index (χ4n) is 2.11. The lowest BCUT2D eigenvalue weighted by atomic mass is 10.1. The van der Waals surface area contributed by atoms with E-state index in [-0.39, 0.29) is 5.04 Å². The average molecular weight is 346 g/mol. The molecule has 0 N–H and O–H groups in total. The van der Waals surface area contributed by atoms with Gasteiger partial charge in [-0.25, -0.2) is 0 Å². The Balaban J connectivity index is 3.05. The molecule has 1 rings (SSSR count). The molecule has 0 aliphatic carbocycles. The highest BCUT2D eigenvalue weighted by atomic mass is 28.4. The van der Waals surface area contributed by atoms with E-state index in [1.807, 2.05) is 19.1 Å². The number of rotatable bonds is 5. The summed E-state index contributed by atoms with van der Waals surface area (Å²) in [6.07, 6.45) is 1.99. The summed E-state index contributed by atoms with van der Waals surface area (Å²) in [5.41, 5.74) is 1.38. The maximum Gasteiger partial charge on any atom is 0.194 e. The highest BCUT2D eigenvalue weighted by Crippen LogP contribution is 2.39. The van der Waals surface area contributed by atoms with Crippen molar-refractivity contribution in [1.29, 1.82) is 5.26 Å². The minimum absolute atomic E-state index is 0.0886. The molecule has 4 heteroatoms. The van der Waals surface area contributed by atoms with Crippen LogP contribution >= 0.6 is 0 Å². The van der Waals surface area contributed by atoms with Crippen LogP contribution < -0.4 is 5.19 Å². The van der Waals surface area contributed by atoms with E-state index in [1.54, 1.807) is 0 Å². The van der Waals surface area contributed by atoms with Crippen LogP contribution in [0.15, 0.2) is 42.1 Å². The quantitative estimate of drug-likeness (QED) is 0.703. The third kappa shape index (κ3) is 5.17. The summed E-state index contributed by atoms with van der Waals surface area (Å²) in [6.45, 7) is 17.5. The molecule has 0 saturated carbocycles. The van der Waals surface area contributed by atoms with Gasteiger partial charge < -0.3 is 4.43 Å². The van der Waals surface area contributed by atoms with Gasteiger partial charge in [-0.15, -0.1) is 0 Å². The predicted molar refractivity (Wildman–Crippen MR) is 105 cm³/mol. The van der Waals surface area contributed by atoms with Gasteiger partial charge in [-0.1, -0.05) is 75.1 Å². The van der Waals surface area contributed by atoms with Crippen molar-refractivity contribution in [3.63, 3.8) is 0 Å². The fraction of sp³-hybridized carbons (Fsp3) is 0.526. The number of hydrogen-bond donors (Lipinski definition) is 0. The van der Waals surface area contributed by atoms with E-state index >= 15 is 0 Å². The normalized spacial score (nSPS) is 16.1. The predicted octanol–water partition coefficient (Wildman–Crippen LogP) is 5.00. The van der Waals surface area contributed by atoms with Crippen LogP contribution in [0.2, 0.25) is 31.2 Å². The second-order valence-corrected chi connectivity index (χ2v) is 17.6. The van der Waals surface area contributed by atoms with Crippen molar-refractivity contribution in [3.05, 3.63) is 42.1 Å². The molecule has 126 valence electrons. The van der Waals surface area contributed by atoms with E-state index in [9.17, 15) is 5.26 Å². The van der Waals surface area contributed by atoms with E-state index in [4.69, 9.17) is 4.43 Å². The van der Waals surface area contributed by atoms with E-state index < -0.39 is 22.0 Å². The van der Waals surface area contributed by atoms with Crippen LogP contribution in [0.25, 0.3) is 0 Å². The molecular formula is C19H31NOSi2. The van der Waals surface area contributed by atoms with Gasteiger partial charge in [0.25, 0.3) is 0 Å². The van der Waals surface area contributed by atoms with Crippen molar-refractivity contribution >= 4 is 21.6 Å². The molecule has 0 spiro atoms. The van der Waals surface area contributed by atoms with Gasteiger partial charge in [-0.05, 0) is 31.1 Å². The van der Waals surface area contributed by atoms with Gasteiger partial charge in [0.2, 0.25) is 0 Å².